The molecule has 11 heteroatoms. The molecule has 0 saturated heterocycles. The van der Waals surface area contributed by atoms with Crippen molar-refractivity contribution < 1.29 is 26.3 Å². The van der Waals surface area contributed by atoms with E-state index in [-0.39, 0.29) is 17.6 Å². The molecule has 0 amide bonds. The number of alkyl halides is 6. The van der Waals surface area contributed by atoms with Gasteiger partial charge < -0.3 is 5.73 Å². The number of anilines is 1. The summed E-state index contributed by atoms with van der Waals surface area (Å²) in [5, 5.41) is 10.2. The molecule has 0 radical (unpaired) electrons. The number of nitrogens with two attached hydrogens (primary N) is 1. The summed E-state index contributed by atoms with van der Waals surface area (Å²) in [4.78, 5) is 0.797. The first-order valence-electron chi connectivity index (χ1n) is 5.37. The second-order valence-electron chi connectivity index (χ2n) is 4.09. The minimum absolute atomic E-state index is 0.0482. The van der Waals surface area contributed by atoms with E-state index < -0.39 is 30.0 Å². The Morgan fingerprint density at radius 3 is 1.86 bits per heavy atom. The van der Waals surface area contributed by atoms with Crippen molar-refractivity contribution in [2.45, 2.75) is 18.9 Å². The van der Waals surface area contributed by atoms with Gasteiger partial charge in [0, 0.05) is 0 Å². The van der Waals surface area contributed by atoms with Crippen LogP contribution in [0.1, 0.15) is 16.7 Å². The summed E-state index contributed by atoms with van der Waals surface area (Å²) < 4.78 is 75.8. The summed E-state index contributed by atoms with van der Waals surface area (Å²) >= 11 is 0. The average molecular weight is 311 g/mol. The van der Waals surface area contributed by atoms with Crippen LogP contribution in [0.5, 0.6) is 0 Å². The van der Waals surface area contributed by atoms with Crippen LogP contribution in [0.25, 0.3) is 0 Å². The van der Waals surface area contributed by atoms with Gasteiger partial charge in [-0.25, -0.2) is 0 Å². The predicted octanol–water partition coefficient (Wildman–Crippen LogP) is 2.34. The third-order valence-corrected chi connectivity index (χ3v) is 2.44. The lowest BCUT2D eigenvalue weighted by Gasteiger charge is -2.13. The molecule has 1 aromatic heterocycles. The Hall–Kier alpha value is -2.33. The molecule has 1 aromatic carbocycles. The van der Waals surface area contributed by atoms with E-state index >= 15 is 0 Å². The van der Waals surface area contributed by atoms with Crippen molar-refractivity contribution in [3.8, 4) is 0 Å². The molecule has 1 heterocycles. The number of rotatable bonds is 2. The molecule has 2 N–H and O–H groups in total. The van der Waals surface area contributed by atoms with E-state index in [1.165, 1.54) is 0 Å². The van der Waals surface area contributed by atoms with Gasteiger partial charge in [-0.3, -0.25) is 0 Å². The molecule has 0 spiro atoms. The topological polar surface area (TPSA) is 69.6 Å². The number of nitrogens with zero attached hydrogens (tertiary/aromatic N) is 4. The lowest BCUT2D eigenvalue weighted by atomic mass is 10.0. The molecule has 0 unspecified atom stereocenters. The number of benzene rings is 1. The van der Waals surface area contributed by atoms with Gasteiger partial charge in [0.25, 0.3) is 5.95 Å². The zero-order chi connectivity index (χ0) is 15.8. The van der Waals surface area contributed by atoms with Crippen molar-refractivity contribution >= 4 is 5.95 Å². The summed E-state index contributed by atoms with van der Waals surface area (Å²) in [6, 6.07) is 1.23. The lowest BCUT2D eigenvalue weighted by molar-refractivity contribution is -0.143. The normalized spacial score (nSPS) is 12.7. The molecular formula is C10H7F6N5. The molecule has 0 aliphatic rings. The monoisotopic (exact) mass is 311 g/mol. The van der Waals surface area contributed by atoms with Gasteiger partial charge in [-0.15, -0.1) is 5.10 Å². The van der Waals surface area contributed by atoms with E-state index in [1.54, 1.807) is 0 Å². The smallest absolute Gasteiger partial charge is 0.365 e. The van der Waals surface area contributed by atoms with Gasteiger partial charge in [-0.05, 0) is 29.0 Å². The third-order valence-electron chi connectivity index (χ3n) is 2.44. The first-order valence-corrected chi connectivity index (χ1v) is 5.37. The summed E-state index contributed by atoms with van der Waals surface area (Å²) in [6.07, 6.45) is -9.80. The number of hydrogen-bond acceptors (Lipinski definition) is 4. The summed E-state index contributed by atoms with van der Waals surface area (Å²) in [5.74, 6) is -0.238. The Kier molecular flexibility index (Phi) is 3.51. The largest absolute Gasteiger partial charge is 0.416 e. The summed E-state index contributed by atoms with van der Waals surface area (Å²) in [5.41, 5.74) is 2.09. The van der Waals surface area contributed by atoms with E-state index in [0.717, 1.165) is 4.80 Å². The zero-order valence-corrected chi connectivity index (χ0v) is 10.1. The van der Waals surface area contributed by atoms with E-state index in [2.05, 4.69) is 15.4 Å². The zero-order valence-electron chi connectivity index (χ0n) is 10.1. The van der Waals surface area contributed by atoms with Crippen LogP contribution in [0.15, 0.2) is 18.2 Å². The highest BCUT2D eigenvalue weighted by Gasteiger charge is 2.36. The molecule has 0 fully saturated rings. The van der Waals surface area contributed by atoms with Crippen LogP contribution in [-0.2, 0) is 18.9 Å². The highest BCUT2D eigenvalue weighted by Crippen LogP contribution is 2.36. The van der Waals surface area contributed by atoms with Crippen LogP contribution in [0.4, 0.5) is 32.3 Å². The molecule has 0 saturated carbocycles. The molecule has 5 nitrogen and oxygen atoms in total. The fraction of sp³-hybridized carbons (Fsp3) is 0.300. The minimum atomic E-state index is -4.90. The van der Waals surface area contributed by atoms with Crippen molar-refractivity contribution in [2.24, 2.45) is 0 Å². The van der Waals surface area contributed by atoms with E-state index in [0.29, 0.717) is 12.1 Å². The Bertz CT molecular complexity index is 612. The third kappa shape index (κ3) is 3.61. The number of hydrogen-bond donors (Lipinski definition) is 1. The highest BCUT2D eigenvalue weighted by atomic mass is 19.4. The molecule has 114 valence electrons. The predicted molar refractivity (Wildman–Crippen MR) is 57.8 cm³/mol. The highest BCUT2D eigenvalue weighted by molar-refractivity contribution is 5.33. The average Bonchev–Trinajstić information content (AvgIpc) is 2.72. The quantitative estimate of drug-likeness (QED) is 0.864. The maximum Gasteiger partial charge on any atom is 0.416 e. The standard InChI is InChI=1S/C10H7F6N5/c11-9(12,13)6-1-5(2-7(3-6)10(14,15)16)4-21-19-8(17)18-20-21/h1-3H,4H2,(H2,17,19). The Morgan fingerprint density at radius 1 is 0.952 bits per heavy atom. The maximum atomic E-state index is 12.6. The van der Waals surface area contributed by atoms with Gasteiger partial charge in [0.1, 0.15) is 0 Å². The van der Waals surface area contributed by atoms with Crippen molar-refractivity contribution in [3.05, 3.63) is 34.9 Å². The maximum absolute atomic E-state index is 12.6. The fourth-order valence-electron chi connectivity index (χ4n) is 1.60. The Labute approximate surface area is 113 Å². The van der Waals surface area contributed by atoms with E-state index in [4.69, 9.17) is 5.73 Å². The summed E-state index contributed by atoms with van der Waals surface area (Å²) in [7, 11) is 0. The molecule has 2 aromatic rings. The second-order valence-corrected chi connectivity index (χ2v) is 4.09. The number of tetrazole rings is 1. The number of halogens is 6. The molecule has 0 atom stereocenters. The molecular weight excluding hydrogens is 304 g/mol. The van der Waals surface area contributed by atoms with Crippen LogP contribution in [0, 0.1) is 0 Å². The first-order chi connectivity index (χ1) is 9.55. The second kappa shape index (κ2) is 4.90. The first kappa shape index (κ1) is 15.1. The van der Waals surface area contributed by atoms with Gasteiger partial charge in [-0.2, -0.15) is 31.1 Å². The van der Waals surface area contributed by atoms with Crippen LogP contribution in [0.3, 0.4) is 0 Å². The molecule has 21 heavy (non-hydrogen) atoms. The van der Waals surface area contributed by atoms with E-state index in [1.807, 2.05) is 0 Å². The molecule has 2 rings (SSSR count). The van der Waals surface area contributed by atoms with Crippen molar-refractivity contribution in [1.82, 2.24) is 20.2 Å². The minimum Gasteiger partial charge on any atom is -0.365 e. The van der Waals surface area contributed by atoms with Crippen LogP contribution < -0.4 is 5.73 Å². The fourth-order valence-corrected chi connectivity index (χ4v) is 1.60. The molecule has 0 aliphatic heterocycles. The van der Waals surface area contributed by atoms with Gasteiger partial charge >= 0.3 is 12.4 Å². The van der Waals surface area contributed by atoms with Crippen LogP contribution in [-0.4, -0.2) is 20.2 Å². The van der Waals surface area contributed by atoms with Crippen LogP contribution in [0.2, 0.25) is 0 Å². The van der Waals surface area contributed by atoms with E-state index in [9.17, 15) is 26.3 Å². The molecule has 0 bridgehead atoms. The number of aromatic nitrogens is 4. The van der Waals surface area contributed by atoms with Gasteiger partial charge in [0.2, 0.25) is 0 Å². The lowest BCUT2D eigenvalue weighted by Crippen LogP contribution is -2.13. The molecule has 0 aliphatic carbocycles. The van der Waals surface area contributed by atoms with Crippen molar-refractivity contribution in [3.63, 3.8) is 0 Å². The Balaban J connectivity index is 2.45. The number of nitrogen functional groups attached to an aromatic ring is 1. The van der Waals surface area contributed by atoms with Crippen LogP contribution >= 0.6 is 0 Å². The van der Waals surface area contributed by atoms with Gasteiger partial charge in [0.05, 0.1) is 17.7 Å². The van der Waals surface area contributed by atoms with Crippen molar-refractivity contribution in [2.75, 3.05) is 5.73 Å². The van der Waals surface area contributed by atoms with Gasteiger partial charge in [-0.1, -0.05) is 5.10 Å². The van der Waals surface area contributed by atoms with Gasteiger partial charge in [0.15, 0.2) is 0 Å². The Morgan fingerprint density at radius 2 is 1.48 bits per heavy atom. The summed E-state index contributed by atoms with van der Waals surface area (Å²) in [6.45, 7) is -0.419. The van der Waals surface area contributed by atoms with Crippen molar-refractivity contribution in [1.29, 1.82) is 0 Å². The SMILES string of the molecule is Nc1nnn(Cc2cc(C(F)(F)F)cc(C(F)(F)F)c2)n1.